The molecule has 10 nitrogen and oxygen atoms in total. The van der Waals surface area contributed by atoms with Crippen molar-refractivity contribution in [3.05, 3.63) is 54.1 Å². The van der Waals surface area contributed by atoms with E-state index in [0.717, 1.165) is 87.5 Å². The van der Waals surface area contributed by atoms with E-state index in [1.165, 1.54) is 11.3 Å². The third-order valence-corrected chi connectivity index (χ3v) is 7.42. The molecule has 6 rings (SSSR count). The molecule has 2 aromatic carbocycles. The van der Waals surface area contributed by atoms with Gasteiger partial charge in [-0.05, 0) is 54.8 Å². The molecule has 2 saturated heterocycles. The number of morpholine rings is 1. The Balaban J connectivity index is 1.08. The van der Waals surface area contributed by atoms with Gasteiger partial charge >= 0.3 is 0 Å². The zero-order chi connectivity index (χ0) is 25.7. The molecule has 3 aromatic rings. The third-order valence-electron chi connectivity index (χ3n) is 7.42. The first-order chi connectivity index (χ1) is 18.7. The highest BCUT2D eigenvalue weighted by Gasteiger charge is 2.24. The van der Waals surface area contributed by atoms with Crippen LogP contribution in [0, 0.1) is 0 Å². The van der Waals surface area contributed by atoms with Crippen LogP contribution in [0.15, 0.2) is 48.5 Å². The summed E-state index contributed by atoms with van der Waals surface area (Å²) < 4.78 is 10.7. The molecule has 0 unspecified atom stereocenters. The van der Waals surface area contributed by atoms with Crippen LogP contribution >= 0.6 is 0 Å². The highest BCUT2D eigenvalue weighted by Crippen LogP contribution is 2.34. The number of benzene rings is 2. The van der Waals surface area contributed by atoms with Gasteiger partial charge in [-0.25, -0.2) is 0 Å². The fraction of sp³-hybridized carbons (Fsp3) is 0.429. The number of nitrogens with one attached hydrogen (secondary N) is 4. The highest BCUT2D eigenvalue weighted by molar-refractivity contribution is 5.82. The van der Waals surface area contributed by atoms with Crippen LogP contribution in [-0.2, 0) is 11.3 Å². The largest absolute Gasteiger partial charge is 0.497 e. The minimum atomic E-state index is 0.365. The monoisotopic (exact) mass is 516 g/mol. The number of likely N-dealkylation sites (tertiary alicyclic amines) is 1. The molecule has 4 N–H and O–H groups in total. The molecule has 200 valence electrons. The topological polar surface area (TPSA) is 98.8 Å². The summed E-state index contributed by atoms with van der Waals surface area (Å²) in [6, 6.07) is 17.2. The van der Waals surface area contributed by atoms with Crippen LogP contribution in [0.2, 0.25) is 0 Å². The quantitative estimate of drug-likeness (QED) is 0.352. The van der Waals surface area contributed by atoms with E-state index < -0.39 is 0 Å². The molecule has 3 aliphatic heterocycles. The van der Waals surface area contributed by atoms with Crippen LogP contribution in [0.1, 0.15) is 18.4 Å². The molecule has 2 fully saturated rings. The second-order valence-corrected chi connectivity index (χ2v) is 9.96. The minimum absolute atomic E-state index is 0.365. The third kappa shape index (κ3) is 5.71. The van der Waals surface area contributed by atoms with Gasteiger partial charge in [0, 0.05) is 50.1 Å². The van der Waals surface area contributed by atoms with E-state index >= 15 is 0 Å². The molecule has 0 bridgehead atoms. The summed E-state index contributed by atoms with van der Waals surface area (Å²) in [5.74, 6) is 3.16. The van der Waals surface area contributed by atoms with Crippen molar-refractivity contribution in [1.82, 2.24) is 14.9 Å². The minimum Gasteiger partial charge on any atom is -0.497 e. The van der Waals surface area contributed by atoms with Gasteiger partial charge in [-0.3, -0.25) is 4.90 Å². The van der Waals surface area contributed by atoms with Gasteiger partial charge in [0.1, 0.15) is 11.4 Å². The maximum Gasteiger partial charge on any atom is 0.231 e. The van der Waals surface area contributed by atoms with Gasteiger partial charge in [0.15, 0.2) is 11.6 Å². The van der Waals surface area contributed by atoms with Gasteiger partial charge in [-0.1, -0.05) is 12.1 Å². The van der Waals surface area contributed by atoms with Crippen LogP contribution in [0.25, 0.3) is 0 Å². The standard InChI is InChI=1S/C28H36N8O2/c1-37-24-8-2-20(3-9-24)18-35-12-10-22(11-13-35)31-27-25-26(30-19-29-25)33-28(34-27)32-21-4-6-23(7-5-21)36-14-16-38-17-15-36/h2-9,22,29H,10-19H2,1H3,(H3,30,31,32,33,34). The van der Waals surface area contributed by atoms with E-state index in [4.69, 9.17) is 19.4 Å². The van der Waals surface area contributed by atoms with E-state index in [9.17, 15) is 0 Å². The Hall–Kier alpha value is -3.76. The Morgan fingerprint density at radius 2 is 1.71 bits per heavy atom. The van der Waals surface area contributed by atoms with Crippen molar-refractivity contribution in [3.8, 4) is 5.75 Å². The number of methoxy groups -OCH3 is 1. The summed E-state index contributed by atoms with van der Waals surface area (Å²) in [7, 11) is 1.70. The molecule has 0 spiro atoms. The number of hydrogen-bond acceptors (Lipinski definition) is 10. The number of fused-ring (bicyclic) bond motifs is 1. The lowest BCUT2D eigenvalue weighted by Crippen LogP contribution is -2.38. The van der Waals surface area contributed by atoms with Gasteiger partial charge in [0.05, 0.1) is 27.0 Å². The van der Waals surface area contributed by atoms with Crippen molar-refractivity contribution in [2.45, 2.75) is 25.4 Å². The molecule has 0 saturated carbocycles. The average Bonchev–Trinajstić information content (AvgIpc) is 3.45. The molecule has 3 aliphatic rings. The molecule has 0 radical (unpaired) electrons. The molecule has 0 amide bonds. The fourth-order valence-electron chi connectivity index (χ4n) is 5.26. The molecule has 0 aliphatic carbocycles. The normalized spacial score (nSPS) is 17.9. The van der Waals surface area contributed by atoms with Gasteiger partial charge in [0.2, 0.25) is 5.95 Å². The number of ether oxygens (including phenoxy) is 2. The molecule has 0 atom stereocenters. The van der Waals surface area contributed by atoms with Gasteiger partial charge < -0.3 is 35.6 Å². The highest BCUT2D eigenvalue weighted by atomic mass is 16.5. The number of hydrogen-bond donors (Lipinski definition) is 4. The Kier molecular flexibility index (Phi) is 7.32. The van der Waals surface area contributed by atoms with Crippen molar-refractivity contribution in [3.63, 3.8) is 0 Å². The van der Waals surface area contributed by atoms with E-state index in [0.29, 0.717) is 18.7 Å². The lowest BCUT2D eigenvalue weighted by atomic mass is 10.0. The Morgan fingerprint density at radius 3 is 2.45 bits per heavy atom. The van der Waals surface area contributed by atoms with E-state index in [1.54, 1.807) is 7.11 Å². The average molecular weight is 517 g/mol. The van der Waals surface area contributed by atoms with Crippen LogP contribution < -0.4 is 30.9 Å². The summed E-state index contributed by atoms with van der Waals surface area (Å²) in [6.45, 7) is 7.11. The number of nitrogens with zero attached hydrogens (tertiary/aromatic N) is 4. The maximum absolute atomic E-state index is 5.47. The maximum atomic E-state index is 5.47. The fourth-order valence-corrected chi connectivity index (χ4v) is 5.26. The first kappa shape index (κ1) is 24.6. The zero-order valence-corrected chi connectivity index (χ0v) is 21.9. The summed E-state index contributed by atoms with van der Waals surface area (Å²) >= 11 is 0. The molecule has 10 heteroatoms. The Morgan fingerprint density at radius 1 is 0.947 bits per heavy atom. The molecular weight excluding hydrogens is 480 g/mol. The van der Waals surface area contributed by atoms with Crippen molar-refractivity contribution >= 4 is 34.6 Å². The molecular formula is C28H36N8O2. The molecule has 4 heterocycles. The van der Waals surface area contributed by atoms with E-state index in [2.05, 4.69) is 67.5 Å². The molecule has 38 heavy (non-hydrogen) atoms. The summed E-state index contributed by atoms with van der Waals surface area (Å²) in [6.07, 6.45) is 2.13. The number of rotatable bonds is 8. The van der Waals surface area contributed by atoms with Crippen molar-refractivity contribution in [1.29, 1.82) is 0 Å². The smallest absolute Gasteiger partial charge is 0.231 e. The Labute approximate surface area is 223 Å². The van der Waals surface area contributed by atoms with Gasteiger partial charge in [-0.2, -0.15) is 9.97 Å². The lowest BCUT2D eigenvalue weighted by Gasteiger charge is -2.33. The first-order valence-corrected chi connectivity index (χ1v) is 13.4. The predicted molar refractivity (Wildman–Crippen MR) is 152 cm³/mol. The first-order valence-electron chi connectivity index (χ1n) is 13.4. The van der Waals surface area contributed by atoms with Crippen LogP contribution in [-0.4, -0.2) is 74.1 Å². The lowest BCUT2D eigenvalue weighted by molar-refractivity contribution is 0.122. The second-order valence-electron chi connectivity index (χ2n) is 9.96. The number of aromatic nitrogens is 2. The SMILES string of the molecule is COc1ccc(CN2CCC(Nc3nc(Nc4ccc(N5CCOCC5)cc4)nc4c3NCN4)CC2)cc1. The Bertz CT molecular complexity index is 1210. The summed E-state index contributed by atoms with van der Waals surface area (Å²) in [5.41, 5.74) is 4.43. The van der Waals surface area contributed by atoms with Gasteiger partial charge in [-0.15, -0.1) is 0 Å². The van der Waals surface area contributed by atoms with Crippen LogP contribution in [0.5, 0.6) is 5.75 Å². The number of anilines is 6. The molecule has 1 aromatic heterocycles. The van der Waals surface area contributed by atoms with E-state index in [1.807, 2.05) is 12.1 Å². The van der Waals surface area contributed by atoms with Crippen molar-refractivity contribution in [2.75, 3.05) is 79.3 Å². The zero-order valence-electron chi connectivity index (χ0n) is 21.9. The summed E-state index contributed by atoms with van der Waals surface area (Å²) in [4.78, 5) is 14.4. The van der Waals surface area contributed by atoms with Crippen molar-refractivity contribution in [2.24, 2.45) is 0 Å². The van der Waals surface area contributed by atoms with Gasteiger partial charge in [0.25, 0.3) is 0 Å². The van der Waals surface area contributed by atoms with Crippen LogP contribution in [0.3, 0.4) is 0 Å². The predicted octanol–water partition coefficient (Wildman–Crippen LogP) is 3.94. The van der Waals surface area contributed by atoms with Crippen molar-refractivity contribution < 1.29 is 9.47 Å². The van der Waals surface area contributed by atoms with E-state index in [-0.39, 0.29) is 0 Å². The summed E-state index contributed by atoms with van der Waals surface area (Å²) in [5, 5.41) is 13.8. The number of piperidine rings is 1. The second kappa shape index (κ2) is 11.3. The van der Waals surface area contributed by atoms with Crippen LogP contribution in [0.4, 0.5) is 34.6 Å².